The average Bonchev–Trinajstić information content (AvgIpc) is 2.45. The Hall–Kier alpha value is -0.640. The number of hydrogen-bond donors (Lipinski definition) is 1. The summed E-state index contributed by atoms with van der Waals surface area (Å²) in [6, 6.07) is 0. The van der Waals surface area contributed by atoms with Crippen molar-refractivity contribution in [1.29, 1.82) is 0 Å². The molecule has 0 aromatic carbocycles. The molecule has 1 N–H and O–H groups in total. The molecule has 0 aliphatic heterocycles. The van der Waals surface area contributed by atoms with E-state index >= 15 is 0 Å². The summed E-state index contributed by atoms with van der Waals surface area (Å²) in [5.74, 6) is -1.32. The van der Waals surface area contributed by atoms with Crippen LogP contribution in [0.5, 0.6) is 0 Å². The Labute approximate surface area is 75.9 Å². The lowest BCUT2D eigenvalue weighted by Gasteiger charge is -2.12. The number of alkyl halides is 1. The Bertz CT molecular complexity index is 229. The first-order chi connectivity index (χ1) is 6.10. The Kier molecular flexibility index (Phi) is 1.84. The van der Waals surface area contributed by atoms with Crippen molar-refractivity contribution in [3.8, 4) is 0 Å². The second-order valence-electron chi connectivity index (χ2n) is 3.83. The Morgan fingerprint density at radius 3 is 2.62 bits per heavy atom. The van der Waals surface area contributed by atoms with E-state index in [-0.39, 0.29) is 18.4 Å². The second kappa shape index (κ2) is 2.67. The monoisotopic (exact) mass is 188 g/mol. The lowest BCUT2D eigenvalue weighted by molar-refractivity contribution is -0.153. The van der Waals surface area contributed by atoms with Crippen LogP contribution >= 0.6 is 0 Å². The molecule has 0 saturated heterocycles. The third kappa shape index (κ3) is 1.08. The maximum Gasteiger partial charge on any atom is 0.344 e. The van der Waals surface area contributed by atoms with Crippen LogP contribution in [0.3, 0.4) is 0 Å². The number of halogens is 1. The van der Waals surface area contributed by atoms with Crippen molar-refractivity contribution in [3.05, 3.63) is 0 Å². The van der Waals surface area contributed by atoms with E-state index in [2.05, 4.69) is 4.74 Å². The van der Waals surface area contributed by atoms with Gasteiger partial charge < -0.3 is 9.84 Å². The standard InChI is InChI=1S/C9H13FO3/c1-2-13-8(12)9(10)6-3-5(11)4-7(6)9/h5-7,11H,2-4H2,1H3/t5?,6-,7-,9?/m0/s1. The fraction of sp³-hybridized carbons (Fsp3) is 0.889. The first-order valence-corrected chi connectivity index (χ1v) is 4.64. The number of hydrogen-bond acceptors (Lipinski definition) is 3. The van der Waals surface area contributed by atoms with Gasteiger partial charge in [-0.05, 0) is 19.8 Å². The third-order valence-electron chi connectivity index (χ3n) is 3.10. The Morgan fingerprint density at radius 2 is 2.15 bits per heavy atom. The first-order valence-electron chi connectivity index (χ1n) is 4.64. The molecular formula is C9H13FO3. The van der Waals surface area contributed by atoms with E-state index in [9.17, 15) is 9.18 Å². The summed E-state index contributed by atoms with van der Waals surface area (Å²) in [6.45, 7) is 1.88. The molecule has 0 heterocycles. The highest BCUT2D eigenvalue weighted by Crippen LogP contribution is 2.63. The molecule has 0 spiro atoms. The fourth-order valence-corrected chi connectivity index (χ4v) is 2.40. The van der Waals surface area contributed by atoms with Crippen LogP contribution in [0, 0.1) is 11.8 Å². The highest BCUT2D eigenvalue weighted by atomic mass is 19.1. The van der Waals surface area contributed by atoms with Gasteiger partial charge in [-0.2, -0.15) is 0 Å². The van der Waals surface area contributed by atoms with Crippen molar-refractivity contribution >= 4 is 5.97 Å². The van der Waals surface area contributed by atoms with Gasteiger partial charge in [0, 0.05) is 11.8 Å². The van der Waals surface area contributed by atoms with E-state index in [0.29, 0.717) is 12.8 Å². The van der Waals surface area contributed by atoms with Gasteiger partial charge in [0.2, 0.25) is 5.67 Å². The molecule has 0 amide bonds. The van der Waals surface area contributed by atoms with Crippen molar-refractivity contribution in [3.63, 3.8) is 0 Å². The molecule has 0 bridgehead atoms. The number of fused-ring (bicyclic) bond motifs is 1. The summed E-state index contributed by atoms with van der Waals surface area (Å²) in [5.41, 5.74) is -1.77. The van der Waals surface area contributed by atoms with Crippen LogP contribution in [0.1, 0.15) is 19.8 Å². The zero-order valence-electron chi connectivity index (χ0n) is 7.50. The largest absolute Gasteiger partial charge is 0.464 e. The van der Waals surface area contributed by atoms with Gasteiger partial charge in [0.05, 0.1) is 12.7 Å². The summed E-state index contributed by atoms with van der Waals surface area (Å²) < 4.78 is 18.4. The lowest BCUT2D eigenvalue weighted by Crippen LogP contribution is -2.28. The van der Waals surface area contributed by atoms with Crippen molar-refractivity contribution < 1.29 is 19.0 Å². The summed E-state index contributed by atoms with van der Waals surface area (Å²) in [7, 11) is 0. The van der Waals surface area contributed by atoms with E-state index < -0.39 is 17.7 Å². The molecule has 74 valence electrons. The molecule has 2 fully saturated rings. The second-order valence-corrected chi connectivity index (χ2v) is 3.83. The quantitative estimate of drug-likeness (QED) is 0.647. The first kappa shape index (κ1) is 8.94. The van der Waals surface area contributed by atoms with E-state index in [0.717, 1.165) is 0 Å². The molecule has 2 saturated carbocycles. The number of carbonyl (C=O) groups is 1. The van der Waals surface area contributed by atoms with Crippen LogP contribution in [0.2, 0.25) is 0 Å². The molecule has 4 heteroatoms. The zero-order chi connectivity index (χ0) is 9.64. The minimum atomic E-state index is -1.77. The number of aliphatic hydroxyl groups excluding tert-OH is 1. The molecule has 0 aromatic heterocycles. The van der Waals surface area contributed by atoms with Gasteiger partial charge >= 0.3 is 5.97 Å². The zero-order valence-corrected chi connectivity index (χ0v) is 7.50. The van der Waals surface area contributed by atoms with Gasteiger partial charge in [0.15, 0.2) is 0 Å². The van der Waals surface area contributed by atoms with Crippen LogP contribution in [0.15, 0.2) is 0 Å². The van der Waals surface area contributed by atoms with Crippen molar-refractivity contribution in [1.82, 2.24) is 0 Å². The van der Waals surface area contributed by atoms with E-state index in [4.69, 9.17) is 5.11 Å². The Morgan fingerprint density at radius 1 is 1.62 bits per heavy atom. The molecule has 0 aromatic rings. The summed E-state index contributed by atoms with van der Waals surface area (Å²) >= 11 is 0. The van der Waals surface area contributed by atoms with Gasteiger partial charge in [-0.15, -0.1) is 0 Å². The van der Waals surface area contributed by atoms with Crippen LogP contribution in [-0.4, -0.2) is 29.5 Å². The van der Waals surface area contributed by atoms with Crippen LogP contribution in [0.25, 0.3) is 0 Å². The predicted molar refractivity (Wildman–Crippen MR) is 42.7 cm³/mol. The maximum absolute atomic E-state index is 13.8. The van der Waals surface area contributed by atoms with Crippen molar-refractivity contribution in [2.75, 3.05) is 6.61 Å². The Balaban J connectivity index is 1.99. The van der Waals surface area contributed by atoms with E-state index in [1.165, 1.54) is 0 Å². The number of esters is 1. The van der Waals surface area contributed by atoms with E-state index in [1.54, 1.807) is 6.92 Å². The summed E-state index contributed by atoms with van der Waals surface area (Å²) in [5, 5.41) is 9.16. The van der Waals surface area contributed by atoms with Gasteiger partial charge in [0.1, 0.15) is 0 Å². The normalized spacial score (nSPS) is 43.0. The molecule has 0 unspecified atom stereocenters. The highest BCUT2D eigenvalue weighted by molar-refractivity contribution is 5.84. The SMILES string of the molecule is CCOC(=O)C1(F)[C@H]2CC(O)C[C@@H]21. The fourth-order valence-electron chi connectivity index (χ4n) is 2.40. The minimum absolute atomic E-state index is 0.215. The van der Waals surface area contributed by atoms with Crippen LogP contribution < -0.4 is 0 Å². The molecule has 2 rings (SSSR count). The molecule has 2 atom stereocenters. The maximum atomic E-state index is 13.8. The van der Waals surface area contributed by atoms with Gasteiger partial charge in [0.25, 0.3) is 0 Å². The predicted octanol–water partition coefficient (Wildman–Crippen LogP) is 0.659. The van der Waals surface area contributed by atoms with Crippen LogP contribution in [0.4, 0.5) is 4.39 Å². The number of aliphatic hydroxyl groups is 1. The van der Waals surface area contributed by atoms with Gasteiger partial charge in [-0.1, -0.05) is 0 Å². The van der Waals surface area contributed by atoms with Gasteiger partial charge in [-0.25, -0.2) is 9.18 Å². The number of rotatable bonds is 2. The van der Waals surface area contributed by atoms with Crippen LogP contribution in [-0.2, 0) is 9.53 Å². The van der Waals surface area contributed by atoms with E-state index in [1.807, 2.05) is 0 Å². The third-order valence-corrected chi connectivity index (χ3v) is 3.10. The van der Waals surface area contributed by atoms with Crippen molar-refractivity contribution in [2.45, 2.75) is 31.5 Å². The summed E-state index contributed by atoms with van der Waals surface area (Å²) in [4.78, 5) is 11.2. The summed E-state index contributed by atoms with van der Waals surface area (Å²) in [6.07, 6.45) is 0.383. The molecule has 3 nitrogen and oxygen atoms in total. The average molecular weight is 188 g/mol. The minimum Gasteiger partial charge on any atom is -0.464 e. The molecule has 2 aliphatic rings. The highest BCUT2D eigenvalue weighted by Gasteiger charge is 2.75. The smallest absolute Gasteiger partial charge is 0.344 e. The topological polar surface area (TPSA) is 46.5 Å². The molecule has 2 aliphatic carbocycles. The number of ether oxygens (including phenoxy) is 1. The number of carbonyl (C=O) groups excluding carboxylic acids is 1. The van der Waals surface area contributed by atoms with Gasteiger partial charge in [-0.3, -0.25) is 0 Å². The van der Waals surface area contributed by atoms with Crippen molar-refractivity contribution in [2.24, 2.45) is 11.8 Å². The lowest BCUT2D eigenvalue weighted by atomic mass is 10.1. The molecule has 0 radical (unpaired) electrons. The molecular weight excluding hydrogens is 175 g/mol. The molecule has 13 heavy (non-hydrogen) atoms.